The lowest BCUT2D eigenvalue weighted by Crippen LogP contribution is -2.56. The number of hydrogen-bond donors (Lipinski definition) is 3. The lowest BCUT2D eigenvalue weighted by molar-refractivity contribution is -0.240. The molecule has 2 aromatic rings. The third kappa shape index (κ3) is 5.56. The molecule has 1 heterocycles. The van der Waals surface area contributed by atoms with E-state index in [4.69, 9.17) is 25.8 Å². The van der Waals surface area contributed by atoms with Crippen molar-refractivity contribution in [1.29, 1.82) is 0 Å². The van der Waals surface area contributed by atoms with Gasteiger partial charge in [-0.15, -0.1) is 0 Å². The first-order valence-electron chi connectivity index (χ1n) is 10.1. The predicted octanol–water partition coefficient (Wildman–Crippen LogP) is 2.42. The summed E-state index contributed by atoms with van der Waals surface area (Å²) >= 11 is 6.41. The number of aliphatic hydroxyl groups is 3. The van der Waals surface area contributed by atoms with E-state index in [0.717, 1.165) is 16.9 Å². The smallest absolute Gasteiger partial charge is 0.303 e. The Morgan fingerprint density at radius 3 is 2.45 bits per heavy atom. The Labute approximate surface area is 186 Å². The van der Waals surface area contributed by atoms with E-state index in [1.165, 1.54) is 6.92 Å². The number of rotatable bonds is 7. The molecule has 0 bridgehead atoms. The molecule has 5 unspecified atom stereocenters. The van der Waals surface area contributed by atoms with Gasteiger partial charge in [-0.25, -0.2) is 0 Å². The van der Waals surface area contributed by atoms with Crippen LogP contribution in [0.2, 0.25) is 5.02 Å². The molecule has 0 radical (unpaired) electrons. The highest BCUT2D eigenvalue weighted by atomic mass is 35.5. The summed E-state index contributed by atoms with van der Waals surface area (Å²) < 4.78 is 16.5. The summed E-state index contributed by atoms with van der Waals surface area (Å²) in [6, 6.07) is 12.9. The highest BCUT2D eigenvalue weighted by molar-refractivity contribution is 6.31. The van der Waals surface area contributed by atoms with Gasteiger partial charge in [0.05, 0.1) is 13.2 Å². The topological polar surface area (TPSA) is 105 Å². The molecule has 5 atom stereocenters. The average molecular weight is 451 g/mol. The van der Waals surface area contributed by atoms with Crippen molar-refractivity contribution in [2.75, 3.05) is 13.2 Å². The molecule has 1 aliphatic rings. The van der Waals surface area contributed by atoms with Crippen LogP contribution in [0.25, 0.3) is 0 Å². The Kier molecular flexibility index (Phi) is 7.91. The van der Waals surface area contributed by atoms with Crippen LogP contribution in [0.1, 0.15) is 36.6 Å². The molecule has 3 N–H and O–H groups in total. The number of ether oxygens (including phenoxy) is 3. The minimum atomic E-state index is -1.41. The van der Waals surface area contributed by atoms with E-state index < -0.39 is 43.1 Å². The molecular formula is C23H27ClO7. The van der Waals surface area contributed by atoms with Crippen LogP contribution >= 0.6 is 11.6 Å². The summed E-state index contributed by atoms with van der Waals surface area (Å²) in [5.41, 5.74) is 2.45. The second kappa shape index (κ2) is 10.4. The molecule has 0 saturated carbocycles. The first kappa shape index (κ1) is 23.5. The Hall–Kier alpha value is -2.16. The molecule has 3 rings (SSSR count). The van der Waals surface area contributed by atoms with E-state index in [9.17, 15) is 20.1 Å². The van der Waals surface area contributed by atoms with Gasteiger partial charge in [-0.05, 0) is 48.2 Å². The molecular weight excluding hydrogens is 424 g/mol. The van der Waals surface area contributed by atoms with Gasteiger partial charge in [0, 0.05) is 11.9 Å². The van der Waals surface area contributed by atoms with E-state index in [0.29, 0.717) is 23.6 Å². The standard InChI is InChI=1S/C23H27ClO7/c1-3-29-17-7-4-14(5-8-17)10-16-11-15(6-9-18(16)24)22-23(30-13(2)26)21(28)20(27)19(12-25)31-22/h4-9,11,19-23,25,27-28H,3,10,12H2,1-2H3. The van der Waals surface area contributed by atoms with Gasteiger partial charge in [-0.2, -0.15) is 0 Å². The average Bonchev–Trinajstić information content (AvgIpc) is 2.75. The maximum atomic E-state index is 11.6. The Morgan fingerprint density at radius 2 is 1.84 bits per heavy atom. The van der Waals surface area contributed by atoms with Crippen LogP contribution in [0.5, 0.6) is 5.75 Å². The molecule has 2 aromatic carbocycles. The van der Waals surface area contributed by atoms with Crippen molar-refractivity contribution >= 4 is 17.6 Å². The van der Waals surface area contributed by atoms with Crippen LogP contribution in [-0.4, -0.2) is 58.9 Å². The van der Waals surface area contributed by atoms with Gasteiger partial charge in [0.2, 0.25) is 0 Å². The third-order valence-electron chi connectivity index (χ3n) is 5.20. The largest absolute Gasteiger partial charge is 0.494 e. The lowest BCUT2D eigenvalue weighted by atomic mass is 9.90. The van der Waals surface area contributed by atoms with Crippen LogP contribution in [-0.2, 0) is 20.7 Å². The van der Waals surface area contributed by atoms with Gasteiger partial charge in [0.1, 0.15) is 30.2 Å². The second-order valence-electron chi connectivity index (χ2n) is 7.44. The fourth-order valence-electron chi connectivity index (χ4n) is 3.68. The number of aliphatic hydroxyl groups excluding tert-OH is 3. The highest BCUT2D eigenvalue weighted by Crippen LogP contribution is 2.36. The zero-order chi connectivity index (χ0) is 22.5. The molecule has 0 spiro atoms. The Morgan fingerprint density at radius 1 is 1.13 bits per heavy atom. The molecule has 0 aromatic heterocycles. The summed E-state index contributed by atoms with van der Waals surface area (Å²) in [5.74, 6) is 0.171. The summed E-state index contributed by atoms with van der Waals surface area (Å²) in [5, 5.41) is 30.8. The minimum absolute atomic E-state index is 0.492. The monoisotopic (exact) mass is 450 g/mol. The minimum Gasteiger partial charge on any atom is -0.494 e. The van der Waals surface area contributed by atoms with E-state index in [-0.39, 0.29) is 0 Å². The Bertz CT molecular complexity index is 886. The normalized spacial score (nSPS) is 25.8. The first-order valence-corrected chi connectivity index (χ1v) is 10.5. The summed E-state index contributed by atoms with van der Waals surface area (Å²) in [7, 11) is 0. The van der Waals surface area contributed by atoms with E-state index in [1.54, 1.807) is 12.1 Å². The van der Waals surface area contributed by atoms with Gasteiger partial charge >= 0.3 is 5.97 Å². The SMILES string of the molecule is CCOc1ccc(Cc2cc(C3OC(CO)C(O)C(O)C3OC(C)=O)ccc2Cl)cc1. The molecule has 0 amide bonds. The molecule has 0 aliphatic carbocycles. The fourth-order valence-corrected chi connectivity index (χ4v) is 3.86. The van der Waals surface area contributed by atoms with Crippen molar-refractivity contribution in [2.45, 2.75) is 50.8 Å². The zero-order valence-corrected chi connectivity index (χ0v) is 18.2. The van der Waals surface area contributed by atoms with Crippen molar-refractivity contribution in [2.24, 2.45) is 0 Å². The molecule has 1 aliphatic heterocycles. The predicted molar refractivity (Wildman–Crippen MR) is 114 cm³/mol. The van der Waals surface area contributed by atoms with Crippen LogP contribution in [0.15, 0.2) is 42.5 Å². The summed E-state index contributed by atoms with van der Waals surface area (Å²) in [6.07, 6.45) is -5.28. The number of benzene rings is 2. The molecule has 31 heavy (non-hydrogen) atoms. The zero-order valence-electron chi connectivity index (χ0n) is 17.4. The first-order chi connectivity index (χ1) is 14.8. The number of esters is 1. The van der Waals surface area contributed by atoms with Gasteiger partial charge in [0.25, 0.3) is 0 Å². The fraction of sp³-hybridized carbons (Fsp3) is 0.435. The van der Waals surface area contributed by atoms with Crippen molar-refractivity contribution in [3.05, 3.63) is 64.2 Å². The molecule has 7 nitrogen and oxygen atoms in total. The van der Waals surface area contributed by atoms with Crippen LogP contribution in [0, 0.1) is 0 Å². The maximum absolute atomic E-state index is 11.6. The number of carbonyl (C=O) groups excluding carboxylic acids is 1. The number of hydrogen-bond acceptors (Lipinski definition) is 7. The molecule has 1 fully saturated rings. The van der Waals surface area contributed by atoms with Gasteiger partial charge in [-0.1, -0.05) is 35.9 Å². The molecule has 8 heteroatoms. The van der Waals surface area contributed by atoms with Crippen LogP contribution in [0.4, 0.5) is 0 Å². The maximum Gasteiger partial charge on any atom is 0.303 e. The molecule has 168 valence electrons. The van der Waals surface area contributed by atoms with E-state index >= 15 is 0 Å². The lowest BCUT2D eigenvalue weighted by Gasteiger charge is -2.42. The number of halogens is 1. The van der Waals surface area contributed by atoms with Crippen molar-refractivity contribution in [3.8, 4) is 5.75 Å². The second-order valence-corrected chi connectivity index (χ2v) is 7.84. The third-order valence-corrected chi connectivity index (χ3v) is 5.57. The molecule has 1 saturated heterocycles. The van der Waals surface area contributed by atoms with Gasteiger partial charge < -0.3 is 29.5 Å². The van der Waals surface area contributed by atoms with Gasteiger partial charge in [-0.3, -0.25) is 4.79 Å². The quantitative estimate of drug-likeness (QED) is 0.556. The Balaban J connectivity index is 1.89. The van der Waals surface area contributed by atoms with Crippen LogP contribution < -0.4 is 4.74 Å². The van der Waals surface area contributed by atoms with Crippen molar-refractivity contribution in [1.82, 2.24) is 0 Å². The summed E-state index contributed by atoms with van der Waals surface area (Å²) in [6.45, 7) is 3.24. The summed E-state index contributed by atoms with van der Waals surface area (Å²) in [4.78, 5) is 11.6. The van der Waals surface area contributed by atoms with Crippen molar-refractivity contribution < 1.29 is 34.3 Å². The van der Waals surface area contributed by atoms with Crippen LogP contribution in [0.3, 0.4) is 0 Å². The van der Waals surface area contributed by atoms with Crippen molar-refractivity contribution in [3.63, 3.8) is 0 Å². The van der Waals surface area contributed by atoms with E-state index in [2.05, 4.69) is 0 Å². The van der Waals surface area contributed by atoms with E-state index in [1.807, 2.05) is 37.3 Å². The highest BCUT2D eigenvalue weighted by Gasteiger charge is 2.46. The van der Waals surface area contributed by atoms with Gasteiger partial charge in [0.15, 0.2) is 6.10 Å². The number of carbonyl (C=O) groups is 1.